The van der Waals surface area contributed by atoms with Crippen molar-refractivity contribution in [3.8, 4) is 5.75 Å². The maximum atomic E-state index is 12.9. The highest BCUT2D eigenvalue weighted by molar-refractivity contribution is 6.30. The van der Waals surface area contributed by atoms with Crippen LogP contribution in [0.2, 0.25) is 5.02 Å². The van der Waals surface area contributed by atoms with E-state index in [2.05, 4.69) is 0 Å². The van der Waals surface area contributed by atoms with Gasteiger partial charge in [-0.3, -0.25) is 9.59 Å². The standard InChI is InChI=1S/C18H14ClNO4/c19-10-5-6-14-13(9-10)16-15(18(22)23)11-3-1-2-4-12(11)17(21)20(16)7-8-24-14/h1-6,9,15-16H,7-8H2,(H,22,23)/t15-,16-/m1/s1. The molecule has 2 aromatic rings. The Bertz CT molecular complexity index is 851. The molecule has 0 unspecified atom stereocenters. The number of carbonyl (C=O) groups is 2. The van der Waals surface area contributed by atoms with Crippen LogP contribution in [0, 0.1) is 0 Å². The quantitative estimate of drug-likeness (QED) is 0.864. The molecule has 2 aromatic carbocycles. The van der Waals surface area contributed by atoms with Gasteiger partial charge in [0.1, 0.15) is 18.3 Å². The van der Waals surface area contributed by atoms with Crippen LogP contribution in [0.15, 0.2) is 42.5 Å². The molecule has 0 radical (unpaired) electrons. The minimum absolute atomic E-state index is 0.176. The minimum Gasteiger partial charge on any atom is -0.491 e. The summed E-state index contributed by atoms with van der Waals surface area (Å²) in [5.74, 6) is -1.44. The van der Waals surface area contributed by atoms with Crippen molar-refractivity contribution in [1.29, 1.82) is 0 Å². The number of fused-ring (bicyclic) bond motifs is 4. The van der Waals surface area contributed by atoms with E-state index in [-0.39, 0.29) is 5.91 Å². The zero-order valence-electron chi connectivity index (χ0n) is 12.6. The molecule has 2 aliphatic rings. The Kier molecular flexibility index (Phi) is 3.46. The molecule has 1 N–H and O–H groups in total. The first kappa shape index (κ1) is 15.0. The zero-order chi connectivity index (χ0) is 16.8. The Labute approximate surface area is 143 Å². The molecule has 2 aliphatic heterocycles. The summed E-state index contributed by atoms with van der Waals surface area (Å²) < 4.78 is 5.73. The summed E-state index contributed by atoms with van der Waals surface area (Å²) in [6.45, 7) is 0.638. The van der Waals surface area contributed by atoms with Crippen LogP contribution in [0.5, 0.6) is 5.75 Å². The van der Waals surface area contributed by atoms with E-state index in [1.54, 1.807) is 47.4 Å². The zero-order valence-corrected chi connectivity index (χ0v) is 13.4. The predicted molar refractivity (Wildman–Crippen MR) is 87.5 cm³/mol. The second-order valence-corrected chi connectivity index (χ2v) is 6.31. The number of rotatable bonds is 1. The number of halogens is 1. The van der Waals surface area contributed by atoms with E-state index in [9.17, 15) is 14.7 Å². The highest BCUT2D eigenvalue weighted by atomic mass is 35.5. The fourth-order valence-corrected chi connectivity index (χ4v) is 3.77. The van der Waals surface area contributed by atoms with Crippen LogP contribution in [-0.4, -0.2) is 35.0 Å². The van der Waals surface area contributed by atoms with Crippen LogP contribution in [0.25, 0.3) is 0 Å². The van der Waals surface area contributed by atoms with Crippen LogP contribution in [0.3, 0.4) is 0 Å². The summed E-state index contributed by atoms with van der Waals surface area (Å²) in [6.07, 6.45) is 0. The molecule has 0 saturated heterocycles. The number of carbonyl (C=O) groups excluding carboxylic acids is 1. The van der Waals surface area contributed by atoms with Crippen molar-refractivity contribution >= 4 is 23.5 Å². The summed E-state index contributed by atoms with van der Waals surface area (Å²) >= 11 is 6.12. The lowest BCUT2D eigenvalue weighted by molar-refractivity contribution is -0.140. The maximum Gasteiger partial charge on any atom is 0.313 e. The Morgan fingerprint density at radius 3 is 2.79 bits per heavy atom. The van der Waals surface area contributed by atoms with Crippen LogP contribution < -0.4 is 4.74 Å². The molecular formula is C18H14ClNO4. The van der Waals surface area contributed by atoms with Crippen molar-refractivity contribution in [3.63, 3.8) is 0 Å². The average molecular weight is 344 g/mol. The van der Waals surface area contributed by atoms with Gasteiger partial charge in [-0.15, -0.1) is 0 Å². The van der Waals surface area contributed by atoms with E-state index < -0.39 is 17.9 Å². The van der Waals surface area contributed by atoms with Crippen LogP contribution in [-0.2, 0) is 4.79 Å². The Morgan fingerprint density at radius 2 is 2.00 bits per heavy atom. The fraction of sp³-hybridized carbons (Fsp3) is 0.222. The van der Waals surface area contributed by atoms with E-state index in [1.807, 2.05) is 0 Å². The highest BCUT2D eigenvalue weighted by Gasteiger charge is 2.46. The third-order valence-corrected chi connectivity index (χ3v) is 4.82. The van der Waals surface area contributed by atoms with Gasteiger partial charge in [-0.2, -0.15) is 0 Å². The molecule has 122 valence electrons. The first-order valence-electron chi connectivity index (χ1n) is 7.63. The van der Waals surface area contributed by atoms with Gasteiger partial charge in [0.15, 0.2) is 0 Å². The van der Waals surface area contributed by atoms with Crippen molar-refractivity contribution in [1.82, 2.24) is 4.90 Å². The number of nitrogens with zero attached hydrogens (tertiary/aromatic N) is 1. The first-order chi connectivity index (χ1) is 11.6. The Morgan fingerprint density at radius 1 is 1.21 bits per heavy atom. The predicted octanol–water partition coefficient (Wildman–Crippen LogP) is 3.10. The van der Waals surface area contributed by atoms with E-state index in [1.165, 1.54) is 0 Å². The molecule has 5 nitrogen and oxygen atoms in total. The van der Waals surface area contributed by atoms with Gasteiger partial charge in [-0.25, -0.2) is 0 Å². The molecule has 2 heterocycles. The highest BCUT2D eigenvalue weighted by Crippen LogP contribution is 2.47. The fourth-order valence-electron chi connectivity index (χ4n) is 3.59. The number of aliphatic carboxylic acids is 1. The van der Waals surface area contributed by atoms with Gasteiger partial charge < -0.3 is 14.7 Å². The molecule has 0 aliphatic carbocycles. The number of hydrogen-bond donors (Lipinski definition) is 1. The van der Waals surface area contributed by atoms with Crippen molar-refractivity contribution < 1.29 is 19.4 Å². The lowest BCUT2D eigenvalue weighted by atomic mass is 9.79. The van der Waals surface area contributed by atoms with Crippen molar-refractivity contribution in [3.05, 3.63) is 64.2 Å². The van der Waals surface area contributed by atoms with E-state index in [4.69, 9.17) is 16.3 Å². The lowest BCUT2D eigenvalue weighted by Crippen LogP contribution is -2.45. The van der Waals surface area contributed by atoms with Crippen LogP contribution >= 0.6 is 11.6 Å². The second kappa shape index (κ2) is 5.53. The number of ether oxygens (including phenoxy) is 1. The van der Waals surface area contributed by atoms with Crippen molar-refractivity contribution in [2.75, 3.05) is 13.2 Å². The molecule has 0 saturated carbocycles. The van der Waals surface area contributed by atoms with Gasteiger partial charge in [0.2, 0.25) is 0 Å². The first-order valence-corrected chi connectivity index (χ1v) is 8.00. The molecule has 1 amide bonds. The van der Waals surface area contributed by atoms with E-state index >= 15 is 0 Å². The third kappa shape index (κ3) is 2.16. The molecule has 24 heavy (non-hydrogen) atoms. The average Bonchev–Trinajstić information content (AvgIpc) is 2.75. The summed E-state index contributed by atoms with van der Waals surface area (Å²) in [5.41, 5.74) is 1.60. The smallest absolute Gasteiger partial charge is 0.313 e. The van der Waals surface area contributed by atoms with Crippen molar-refractivity contribution in [2.24, 2.45) is 0 Å². The van der Waals surface area contributed by atoms with Gasteiger partial charge in [-0.1, -0.05) is 29.8 Å². The normalized spacial score (nSPS) is 21.9. The second-order valence-electron chi connectivity index (χ2n) is 5.88. The summed E-state index contributed by atoms with van der Waals surface area (Å²) in [5, 5.41) is 10.4. The van der Waals surface area contributed by atoms with Gasteiger partial charge >= 0.3 is 5.97 Å². The summed E-state index contributed by atoms with van der Waals surface area (Å²) in [7, 11) is 0. The van der Waals surface area contributed by atoms with Gasteiger partial charge in [0.05, 0.1) is 12.6 Å². The Hall–Kier alpha value is -2.53. The van der Waals surface area contributed by atoms with E-state index in [0.29, 0.717) is 40.6 Å². The molecule has 0 aromatic heterocycles. The number of carboxylic acids is 1. The third-order valence-electron chi connectivity index (χ3n) is 4.58. The van der Waals surface area contributed by atoms with Gasteiger partial charge in [-0.05, 0) is 29.8 Å². The maximum absolute atomic E-state index is 12.9. The number of amides is 1. The SMILES string of the molecule is O=C(O)[C@@H]1c2ccccc2C(=O)N2CCOc3ccc(Cl)cc3[C@H]12. The molecule has 0 fully saturated rings. The van der Waals surface area contributed by atoms with Crippen LogP contribution in [0.1, 0.15) is 33.4 Å². The van der Waals surface area contributed by atoms with Gasteiger partial charge in [0.25, 0.3) is 5.91 Å². The number of carboxylic acid groups (broad SMARTS) is 1. The molecule has 0 bridgehead atoms. The Balaban J connectivity index is 1.98. The lowest BCUT2D eigenvalue weighted by Gasteiger charge is -2.39. The summed E-state index contributed by atoms with van der Waals surface area (Å²) in [4.78, 5) is 26.6. The number of benzene rings is 2. The number of hydrogen-bond acceptors (Lipinski definition) is 3. The van der Waals surface area contributed by atoms with Crippen LogP contribution in [0.4, 0.5) is 0 Å². The molecule has 6 heteroatoms. The monoisotopic (exact) mass is 343 g/mol. The summed E-state index contributed by atoms with van der Waals surface area (Å²) in [6, 6.07) is 11.4. The van der Waals surface area contributed by atoms with Crippen molar-refractivity contribution in [2.45, 2.75) is 12.0 Å². The van der Waals surface area contributed by atoms with E-state index in [0.717, 1.165) is 0 Å². The molecule has 2 atom stereocenters. The molecule has 4 rings (SSSR count). The van der Waals surface area contributed by atoms with Gasteiger partial charge in [0, 0.05) is 16.1 Å². The molecule has 0 spiro atoms. The topological polar surface area (TPSA) is 66.8 Å². The molecular weight excluding hydrogens is 330 g/mol. The largest absolute Gasteiger partial charge is 0.491 e. The minimum atomic E-state index is -0.974.